The number of carbonyl (C=O) groups is 1. The largest absolute Gasteiger partial charge is 0.502 e. The molecule has 0 spiro atoms. The van der Waals surface area contributed by atoms with E-state index in [0.29, 0.717) is 21.3 Å². The summed E-state index contributed by atoms with van der Waals surface area (Å²) in [6.07, 6.45) is 0. The Kier molecular flexibility index (Phi) is 3.60. The topological polar surface area (TPSA) is 103 Å². The molecule has 0 saturated heterocycles. The van der Waals surface area contributed by atoms with Gasteiger partial charge in [-0.25, -0.2) is 4.79 Å². The number of nitrogens with zero attached hydrogens (tertiary/aromatic N) is 2. The maximum atomic E-state index is 12.4. The molecule has 0 radical (unpaired) electrons. The summed E-state index contributed by atoms with van der Waals surface area (Å²) in [5, 5.41) is 29.8. The normalized spacial score (nSPS) is 10.6. The number of hydrogen-bond acceptors (Lipinski definition) is 5. The van der Waals surface area contributed by atoms with Gasteiger partial charge in [0.05, 0.1) is 28.4 Å². The number of nitriles is 1. The molecule has 0 fully saturated rings. The van der Waals surface area contributed by atoms with Gasteiger partial charge in [-0.2, -0.15) is 5.26 Å². The van der Waals surface area contributed by atoms with Crippen molar-refractivity contribution in [3.8, 4) is 11.8 Å². The van der Waals surface area contributed by atoms with Crippen molar-refractivity contribution < 1.29 is 15.0 Å². The van der Waals surface area contributed by atoms with Crippen molar-refractivity contribution in [1.29, 1.82) is 5.26 Å². The first-order valence-electron chi connectivity index (χ1n) is 6.58. The van der Waals surface area contributed by atoms with E-state index in [2.05, 4.69) is 0 Å². The zero-order valence-electron chi connectivity index (χ0n) is 11.7. The highest BCUT2D eigenvalue weighted by atomic mass is 32.1. The molecule has 7 heteroatoms. The van der Waals surface area contributed by atoms with Crippen LogP contribution in [0.1, 0.15) is 21.5 Å². The number of carboxylic acid groups (broad SMARTS) is 1. The van der Waals surface area contributed by atoms with Crippen molar-refractivity contribution in [2.45, 2.75) is 6.54 Å². The SMILES string of the molecule is N#Cc1cccc(Cn2c(=O)c(O)c(C(=O)O)c3sccc32)c1. The Hall–Kier alpha value is -3.11. The van der Waals surface area contributed by atoms with Crippen LogP contribution >= 0.6 is 11.3 Å². The Morgan fingerprint density at radius 2 is 2.13 bits per heavy atom. The lowest BCUT2D eigenvalue weighted by atomic mass is 10.1. The first-order chi connectivity index (χ1) is 11.0. The van der Waals surface area contributed by atoms with E-state index < -0.39 is 17.3 Å². The summed E-state index contributed by atoms with van der Waals surface area (Å²) >= 11 is 1.14. The lowest BCUT2D eigenvalue weighted by Crippen LogP contribution is -2.22. The van der Waals surface area contributed by atoms with Gasteiger partial charge in [0, 0.05) is 0 Å². The van der Waals surface area contributed by atoms with E-state index in [1.54, 1.807) is 35.7 Å². The predicted octanol–water partition coefficient (Wildman–Crippen LogP) is 2.39. The number of fused-ring (bicyclic) bond motifs is 1. The van der Waals surface area contributed by atoms with Crippen molar-refractivity contribution in [3.63, 3.8) is 0 Å². The second kappa shape index (κ2) is 5.59. The Morgan fingerprint density at radius 1 is 1.35 bits per heavy atom. The number of aromatic nitrogens is 1. The highest BCUT2D eigenvalue weighted by Gasteiger charge is 2.22. The third kappa shape index (κ3) is 2.45. The molecule has 6 nitrogen and oxygen atoms in total. The average molecular weight is 326 g/mol. The number of hydrogen-bond donors (Lipinski definition) is 2. The quantitative estimate of drug-likeness (QED) is 0.769. The van der Waals surface area contributed by atoms with Crippen molar-refractivity contribution in [2.75, 3.05) is 0 Å². The minimum atomic E-state index is -1.34. The number of thiophene rings is 1. The summed E-state index contributed by atoms with van der Waals surface area (Å²) in [7, 11) is 0. The molecule has 0 aliphatic heterocycles. The third-order valence-electron chi connectivity index (χ3n) is 3.46. The van der Waals surface area contributed by atoms with Crippen LogP contribution < -0.4 is 5.56 Å². The highest BCUT2D eigenvalue weighted by Crippen LogP contribution is 2.29. The van der Waals surface area contributed by atoms with E-state index in [1.807, 2.05) is 6.07 Å². The smallest absolute Gasteiger partial charge is 0.341 e. The van der Waals surface area contributed by atoms with Gasteiger partial charge in [-0.3, -0.25) is 9.36 Å². The van der Waals surface area contributed by atoms with Crippen LogP contribution in [0.15, 0.2) is 40.5 Å². The van der Waals surface area contributed by atoms with Crippen molar-refractivity contribution in [2.24, 2.45) is 0 Å². The highest BCUT2D eigenvalue weighted by molar-refractivity contribution is 7.17. The van der Waals surface area contributed by atoms with Crippen LogP contribution in [0.3, 0.4) is 0 Å². The second-order valence-corrected chi connectivity index (χ2v) is 5.78. The average Bonchev–Trinajstić information content (AvgIpc) is 3.00. The van der Waals surface area contributed by atoms with E-state index in [9.17, 15) is 19.8 Å². The van der Waals surface area contributed by atoms with Crippen LogP contribution in [0.2, 0.25) is 0 Å². The molecule has 3 aromatic rings. The Morgan fingerprint density at radius 3 is 2.83 bits per heavy atom. The summed E-state index contributed by atoms with van der Waals surface area (Å²) < 4.78 is 1.65. The lowest BCUT2D eigenvalue weighted by molar-refractivity contribution is 0.0695. The number of pyridine rings is 1. The molecule has 1 aromatic carbocycles. The summed E-state index contributed by atoms with van der Waals surface area (Å²) in [6.45, 7) is 0.134. The molecule has 2 heterocycles. The number of aromatic hydroxyl groups is 1. The van der Waals surface area contributed by atoms with Gasteiger partial charge in [-0.05, 0) is 29.1 Å². The van der Waals surface area contributed by atoms with Gasteiger partial charge in [0.15, 0.2) is 5.75 Å². The van der Waals surface area contributed by atoms with Gasteiger partial charge in [-0.15, -0.1) is 11.3 Å². The maximum absolute atomic E-state index is 12.4. The van der Waals surface area contributed by atoms with Crippen LogP contribution in [0.4, 0.5) is 0 Å². The molecular formula is C16H10N2O4S. The summed E-state index contributed by atoms with van der Waals surface area (Å²) in [6, 6.07) is 10.4. The minimum absolute atomic E-state index is 0.134. The predicted molar refractivity (Wildman–Crippen MR) is 85.0 cm³/mol. The van der Waals surface area contributed by atoms with Crippen LogP contribution in [-0.4, -0.2) is 20.7 Å². The Balaban J connectivity index is 2.23. The first-order valence-corrected chi connectivity index (χ1v) is 7.46. The zero-order valence-corrected chi connectivity index (χ0v) is 12.5. The van der Waals surface area contributed by atoms with Gasteiger partial charge in [0.25, 0.3) is 5.56 Å². The standard InChI is InChI=1S/C16H10N2O4S/c17-7-9-2-1-3-10(6-9)8-18-11-4-5-23-14(11)12(16(21)22)13(19)15(18)20/h1-6,19H,8H2,(H,21,22). The molecule has 23 heavy (non-hydrogen) atoms. The monoisotopic (exact) mass is 326 g/mol. The van der Waals surface area contributed by atoms with Crippen molar-refractivity contribution in [3.05, 3.63) is 62.8 Å². The van der Waals surface area contributed by atoms with Crippen LogP contribution in [0.25, 0.3) is 10.2 Å². The van der Waals surface area contributed by atoms with Crippen LogP contribution in [-0.2, 0) is 6.54 Å². The van der Waals surface area contributed by atoms with Gasteiger partial charge < -0.3 is 10.2 Å². The van der Waals surface area contributed by atoms with Crippen molar-refractivity contribution in [1.82, 2.24) is 4.57 Å². The fraction of sp³-hybridized carbons (Fsp3) is 0.0625. The third-order valence-corrected chi connectivity index (χ3v) is 4.38. The molecule has 0 unspecified atom stereocenters. The molecule has 114 valence electrons. The molecule has 0 aliphatic carbocycles. The molecular weight excluding hydrogens is 316 g/mol. The second-order valence-electron chi connectivity index (χ2n) is 4.87. The molecule has 0 saturated carbocycles. The van der Waals surface area contributed by atoms with E-state index in [4.69, 9.17) is 5.26 Å². The van der Waals surface area contributed by atoms with Crippen LogP contribution in [0.5, 0.6) is 5.75 Å². The summed E-state index contributed by atoms with van der Waals surface area (Å²) in [4.78, 5) is 23.7. The fourth-order valence-corrected chi connectivity index (χ4v) is 3.36. The van der Waals surface area contributed by atoms with Gasteiger partial charge in [-0.1, -0.05) is 12.1 Å². The van der Waals surface area contributed by atoms with Gasteiger partial charge in [0.2, 0.25) is 0 Å². The molecule has 3 rings (SSSR count). The van der Waals surface area contributed by atoms with Gasteiger partial charge in [0.1, 0.15) is 5.56 Å². The molecule has 2 N–H and O–H groups in total. The molecule has 0 aliphatic rings. The van der Waals surface area contributed by atoms with E-state index in [0.717, 1.165) is 11.3 Å². The number of aromatic carboxylic acids is 1. The van der Waals surface area contributed by atoms with Crippen LogP contribution in [0, 0.1) is 11.3 Å². The number of rotatable bonds is 3. The summed E-state index contributed by atoms with van der Waals surface area (Å²) in [5.74, 6) is -2.12. The van der Waals surface area contributed by atoms with E-state index >= 15 is 0 Å². The van der Waals surface area contributed by atoms with Gasteiger partial charge >= 0.3 is 5.97 Å². The molecule has 0 bridgehead atoms. The molecule has 2 aromatic heterocycles. The number of benzene rings is 1. The van der Waals surface area contributed by atoms with Crippen molar-refractivity contribution >= 4 is 27.5 Å². The Bertz CT molecular complexity index is 1030. The number of carboxylic acids is 1. The zero-order chi connectivity index (χ0) is 16.6. The van der Waals surface area contributed by atoms with E-state index in [-0.39, 0.29) is 12.1 Å². The maximum Gasteiger partial charge on any atom is 0.341 e. The minimum Gasteiger partial charge on any atom is -0.502 e. The van der Waals surface area contributed by atoms with E-state index in [1.165, 1.54) is 4.57 Å². The fourth-order valence-electron chi connectivity index (χ4n) is 2.43. The summed E-state index contributed by atoms with van der Waals surface area (Å²) in [5.41, 5.74) is 0.472. The lowest BCUT2D eigenvalue weighted by Gasteiger charge is -2.11. The first kappa shape index (κ1) is 14.8. The Labute approximate surface area is 134 Å². The molecule has 0 amide bonds. The molecule has 0 atom stereocenters.